The molecule has 0 aliphatic rings. The van der Waals surface area contributed by atoms with Gasteiger partial charge in [-0.25, -0.2) is 9.66 Å². The van der Waals surface area contributed by atoms with Crippen molar-refractivity contribution in [2.24, 2.45) is 0 Å². The Morgan fingerprint density at radius 3 is 2.32 bits per heavy atom. The van der Waals surface area contributed by atoms with E-state index in [1.165, 1.54) is 16.4 Å². The first kappa shape index (κ1) is 15.5. The van der Waals surface area contributed by atoms with Crippen LogP contribution in [0.25, 0.3) is 22.7 Å². The summed E-state index contributed by atoms with van der Waals surface area (Å²) in [4.78, 5) is 4.57. The van der Waals surface area contributed by atoms with Crippen LogP contribution < -0.4 is 5.84 Å². The smallest absolute Gasteiger partial charge is 0.247 e. The molecular weight excluding hydrogens is 334 g/mol. The monoisotopic (exact) mass is 349 g/mol. The van der Waals surface area contributed by atoms with Gasteiger partial charge >= 0.3 is 0 Å². The van der Waals surface area contributed by atoms with E-state index in [-0.39, 0.29) is 0 Å². The summed E-state index contributed by atoms with van der Waals surface area (Å²) in [6.07, 6.45) is 1.81. The van der Waals surface area contributed by atoms with Crippen molar-refractivity contribution in [1.29, 1.82) is 0 Å². The highest BCUT2D eigenvalue weighted by Crippen LogP contribution is 2.26. The fourth-order valence-electron chi connectivity index (χ4n) is 2.37. The number of aromatic nitrogens is 4. The number of hydrogen-bond donors (Lipinski definition) is 1. The first-order valence-electron chi connectivity index (χ1n) is 7.70. The lowest BCUT2D eigenvalue weighted by molar-refractivity contribution is 0.528. The average Bonchev–Trinajstić information content (AvgIpc) is 3.28. The van der Waals surface area contributed by atoms with Gasteiger partial charge in [0.1, 0.15) is 0 Å². The molecule has 4 aromatic rings. The highest BCUT2D eigenvalue weighted by Gasteiger charge is 2.12. The number of thioether (sulfide) groups is 1. The van der Waals surface area contributed by atoms with Crippen LogP contribution in [-0.2, 0) is 5.75 Å². The van der Waals surface area contributed by atoms with Gasteiger partial charge in [0.15, 0.2) is 5.16 Å². The summed E-state index contributed by atoms with van der Waals surface area (Å²) in [6, 6.07) is 19.6. The van der Waals surface area contributed by atoms with Gasteiger partial charge in [-0.15, -0.1) is 10.2 Å². The predicted octanol–water partition coefficient (Wildman–Crippen LogP) is 3.61. The van der Waals surface area contributed by atoms with Crippen molar-refractivity contribution in [2.45, 2.75) is 10.9 Å². The summed E-state index contributed by atoms with van der Waals surface area (Å²) in [6.45, 7) is 0. The summed E-state index contributed by atoms with van der Waals surface area (Å²) in [5.41, 5.74) is 2.76. The third-order valence-electron chi connectivity index (χ3n) is 3.58. The Labute approximate surface area is 148 Å². The zero-order chi connectivity index (χ0) is 17.1. The van der Waals surface area contributed by atoms with E-state index in [4.69, 9.17) is 10.3 Å². The molecule has 0 atom stereocenters. The van der Waals surface area contributed by atoms with Gasteiger partial charge in [-0.1, -0.05) is 60.3 Å². The van der Waals surface area contributed by atoms with Gasteiger partial charge in [-0.2, -0.15) is 0 Å². The maximum absolute atomic E-state index is 6.01. The number of nitrogen functional groups attached to an aromatic ring is 1. The van der Waals surface area contributed by atoms with E-state index in [0.29, 0.717) is 22.7 Å². The number of rotatable bonds is 5. The summed E-state index contributed by atoms with van der Waals surface area (Å²) >= 11 is 1.45. The lowest BCUT2D eigenvalue weighted by atomic mass is 10.2. The molecule has 25 heavy (non-hydrogen) atoms. The molecule has 7 heteroatoms. The standard InChI is InChI=1S/C18H15N5OS/c19-23-11-15(13-7-3-1-4-8-13)20-18(23)25-12-16-21-22-17(24-16)14-9-5-2-6-10-14/h1-11H,12,19H2. The quantitative estimate of drug-likeness (QED) is 0.438. The minimum Gasteiger partial charge on any atom is -0.420 e. The predicted molar refractivity (Wildman–Crippen MR) is 97.1 cm³/mol. The molecule has 124 valence electrons. The molecular formula is C18H15N5OS. The van der Waals surface area contributed by atoms with Crippen LogP contribution in [0.1, 0.15) is 5.89 Å². The fourth-order valence-corrected chi connectivity index (χ4v) is 3.10. The largest absolute Gasteiger partial charge is 0.420 e. The molecule has 0 unspecified atom stereocenters. The lowest BCUT2D eigenvalue weighted by Gasteiger charge is -1.97. The van der Waals surface area contributed by atoms with Crippen molar-refractivity contribution in [3.8, 4) is 22.7 Å². The van der Waals surface area contributed by atoms with Crippen molar-refractivity contribution in [2.75, 3.05) is 5.84 Å². The Balaban J connectivity index is 1.47. The molecule has 0 radical (unpaired) electrons. The summed E-state index contributed by atoms with van der Waals surface area (Å²) in [5, 5.41) is 8.87. The van der Waals surface area contributed by atoms with Gasteiger partial charge in [-0.3, -0.25) is 0 Å². The van der Waals surface area contributed by atoms with E-state index in [0.717, 1.165) is 16.8 Å². The second-order valence-electron chi connectivity index (χ2n) is 5.34. The summed E-state index contributed by atoms with van der Waals surface area (Å²) in [5.74, 6) is 7.55. The van der Waals surface area contributed by atoms with Gasteiger partial charge in [0, 0.05) is 11.1 Å². The van der Waals surface area contributed by atoms with Crippen LogP contribution in [-0.4, -0.2) is 19.9 Å². The van der Waals surface area contributed by atoms with Crippen LogP contribution in [0.5, 0.6) is 0 Å². The van der Waals surface area contributed by atoms with E-state index in [1.807, 2.05) is 60.7 Å². The topological polar surface area (TPSA) is 82.8 Å². The van der Waals surface area contributed by atoms with Crippen LogP contribution >= 0.6 is 11.8 Å². The SMILES string of the molecule is Nn1cc(-c2ccccc2)nc1SCc1nnc(-c2ccccc2)o1. The van der Waals surface area contributed by atoms with Crippen molar-refractivity contribution in [1.82, 2.24) is 19.9 Å². The van der Waals surface area contributed by atoms with E-state index in [9.17, 15) is 0 Å². The van der Waals surface area contributed by atoms with E-state index in [1.54, 1.807) is 6.20 Å². The molecule has 0 amide bonds. The van der Waals surface area contributed by atoms with Gasteiger partial charge in [0.2, 0.25) is 11.8 Å². The van der Waals surface area contributed by atoms with Crippen LogP contribution in [0.3, 0.4) is 0 Å². The molecule has 4 rings (SSSR count). The molecule has 2 aromatic heterocycles. The number of nitrogens with zero attached hydrogens (tertiary/aromatic N) is 4. The molecule has 0 aliphatic carbocycles. The maximum atomic E-state index is 6.01. The molecule has 0 bridgehead atoms. The number of imidazole rings is 1. The van der Waals surface area contributed by atoms with Crippen LogP contribution in [0, 0.1) is 0 Å². The van der Waals surface area contributed by atoms with Crippen LogP contribution in [0.4, 0.5) is 0 Å². The average molecular weight is 349 g/mol. The molecule has 2 aromatic carbocycles. The molecule has 0 fully saturated rings. The zero-order valence-corrected chi connectivity index (χ0v) is 14.1. The first-order valence-corrected chi connectivity index (χ1v) is 8.68. The van der Waals surface area contributed by atoms with Crippen molar-refractivity contribution in [3.63, 3.8) is 0 Å². The van der Waals surface area contributed by atoms with E-state index >= 15 is 0 Å². The molecule has 0 saturated carbocycles. The second kappa shape index (κ2) is 6.82. The number of benzene rings is 2. The fraction of sp³-hybridized carbons (Fsp3) is 0.0556. The molecule has 0 spiro atoms. The maximum Gasteiger partial charge on any atom is 0.247 e. The Morgan fingerprint density at radius 2 is 1.60 bits per heavy atom. The lowest BCUT2D eigenvalue weighted by Crippen LogP contribution is -2.07. The Hall–Kier alpha value is -3.06. The van der Waals surface area contributed by atoms with Crippen LogP contribution in [0.15, 0.2) is 76.4 Å². The number of hydrogen-bond acceptors (Lipinski definition) is 6. The van der Waals surface area contributed by atoms with Gasteiger partial charge in [-0.05, 0) is 12.1 Å². The van der Waals surface area contributed by atoms with Crippen molar-refractivity contribution < 1.29 is 4.42 Å². The van der Waals surface area contributed by atoms with Gasteiger partial charge < -0.3 is 10.3 Å². The van der Waals surface area contributed by atoms with Gasteiger partial charge in [0.25, 0.3) is 0 Å². The Kier molecular flexibility index (Phi) is 4.22. The molecule has 0 saturated heterocycles. The highest BCUT2D eigenvalue weighted by molar-refractivity contribution is 7.98. The zero-order valence-electron chi connectivity index (χ0n) is 13.2. The molecule has 2 heterocycles. The van der Waals surface area contributed by atoms with E-state index in [2.05, 4.69) is 15.2 Å². The third kappa shape index (κ3) is 3.41. The second-order valence-corrected chi connectivity index (χ2v) is 6.28. The number of nitrogens with two attached hydrogens (primary N) is 1. The normalized spacial score (nSPS) is 10.9. The van der Waals surface area contributed by atoms with E-state index < -0.39 is 0 Å². The highest BCUT2D eigenvalue weighted by atomic mass is 32.2. The summed E-state index contributed by atoms with van der Waals surface area (Å²) < 4.78 is 7.22. The van der Waals surface area contributed by atoms with Gasteiger partial charge in [0.05, 0.1) is 17.6 Å². The minimum atomic E-state index is 0.502. The summed E-state index contributed by atoms with van der Waals surface area (Å²) in [7, 11) is 0. The van der Waals surface area contributed by atoms with Crippen LogP contribution in [0.2, 0.25) is 0 Å². The van der Waals surface area contributed by atoms with Crippen molar-refractivity contribution in [3.05, 3.63) is 72.8 Å². The van der Waals surface area contributed by atoms with Crippen molar-refractivity contribution >= 4 is 11.8 Å². The Morgan fingerprint density at radius 1 is 0.920 bits per heavy atom. The molecule has 0 aliphatic heterocycles. The molecule has 2 N–H and O–H groups in total. The Bertz CT molecular complexity index is 966. The third-order valence-corrected chi connectivity index (χ3v) is 4.53. The molecule has 6 nitrogen and oxygen atoms in total. The first-order chi connectivity index (χ1) is 12.3. The minimum absolute atomic E-state index is 0.502.